The van der Waals surface area contributed by atoms with E-state index in [1.165, 1.54) is 0 Å². The molecule has 2 amide bonds. The van der Waals surface area contributed by atoms with Crippen LogP contribution in [0.3, 0.4) is 0 Å². The number of hydrogen-bond donors (Lipinski definition) is 0. The normalized spacial score (nSPS) is 18.6. The molecule has 564 valence electrons. The van der Waals surface area contributed by atoms with Crippen LogP contribution in [0.15, 0.2) is 123 Å². The summed E-state index contributed by atoms with van der Waals surface area (Å²) in [4.78, 5) is 105. The van der Waals surface area contributed by atoms with Crippen LogP contribution in [0.4, 0.5) is 9.59 Å². The van der Waals surface area contributed by atoms with Crippen molar-refractivity contribution in [2.45, 2.75) is 186 Å². The zero-order valence-electron chi connectivity index (χ0n) is 63.0. The first kappa shape index (κ1) is 79.8. The average molecular weight is 1620 g/mol. The Bertz CT molecular complexity index is 4460. The molecule has 14 rings (SSSR count). The second-order valence-corrected chi connectivity index (χ2v) is 30.6. The smallest absolute Gasteiger partial charge is 0.410 e. The summed E-state index contributed by atoms with van der Waals surface area (Å²) in [5.41, 5.74) is 3.97. The molecule has 21 heteroatoms. The predicted octanol–water partition coefficient (Wildman–Crippen LogP) is 17.0. The summed E-state index contributed by atoms with van der Waals surface area (Å²) >= 11 is 0. The summed E-state index contributed by atoms with van der Waals surface area (Å²) in [6, 6.07) is 30.7. The molecule has 0 N–H and O–H groups in total. The number of benzene rings is 6. The van der Waals surface area contributed by atoms with Crippen molar-refractivity contribution >= 4 is 112 Å². The van der Waals surface area contributed by atoms with E-state index < -0.39 is 11.2 Å². The van der Waals surface area contributed by atoms with Crippen molar-refractivity contribution in [2.75, 3.05) is 73.2 Å². The van der Waals surface area contributed by atoms with Gasteiger partial charge in [-0.25, -0.2) is 9.59 Å². The molecule has 5 fully saturated rings. The van der Waals surface area contributed by atoms with E-state index in [4.69, 9.17) is 36.9 Å². The van der Waals surface area contributed by atoms with Crippen molar-refractivity contribution in [3.8, 4) is 17.2 Å². The first-order chi connectivity index (χ1) is 49.8. The molecule has 6 aromatic carbocycles. The van der Waals surface area contributed by atoms with E-state index in [1.807, 2.05) is 133 Å². The summed E-state index contributed by atoms with van der Waals surface area (Å²) in [6.07, 6.45) is 13.4. The van der Waals surface area contributed by atoms with Gasteiger partial charge in [0.1, 0.15) is 93.1 Å². The number of ether oxygens (including phenoxy) is 5. The van der Waals surface area contributed by atoms with Crippen LogP contribution in [0.1, 0.15) is 179 Å². The molecular weight excluding hydrogens is 1520 g/mol. The fourth-order valence-corrected chi connectivity index (χ4v) is 15.2. The van der Waals surface area contributed by atoms with Gasteiger partial charge in [-0.15, -0.1) is 0 Å². The third-order valence-electron chi connectivity index (χ3n) is 20.9. The number of nitrogens with zero attached hydrogens (tertiary/aromatic N) is 4. The number of carbonyl (C=O) groups excluding carboxylic acids is 8. The Morgan fingerprint density at radius 2 is 0.764 bits per heavy atom. The number of unbranched alkanes of at least 4 members (excludes halogenated alkanes) is 1. The third-order valence-corrected chi connectivity index (χ3v) is 20.9. The molecule has 2 aliphatic heterocycles. The molecule has 2 saturated heterocycles. The molecule has 3 aromatic heterocycles. The Hall–Kier alpha value is -8.71. The van der Waals surface area contributed by atoms with E-state index >= 15 is 0 Å². The van der Waals surface area contributed by atoms with E-state index in [1.54, 1.807) is 28.6 Å². The maximum Gasteiger partial charge on any atom is 0.410 e. The zero-order valence-corrected chi connectivity index (χ0v) is 65.9. The molecule has 3 saturated carbocycles. The Kier molecular flexibility index (Phi) is 26.3. The number of rotatable bonds is 17. The van der Waals surface area contributed by atoms with Gasteiger partial charge in [-0.3, -0.25) is 38.6 Å². The molecule has 3 atom stereocenters. The van der Waals surface area contributed by atoms with Crippen molar-refractivity contribution in [2.24, 2.45) is 0 Å². The summed E-state index contributed by atoms with van der Waals surface area (Å²) in [7, 11) is 4.21. The monoisotopic (exact) mass is 1620 g/mol. The fraction of sp³-hybridized carbons (Fsp3) is 0.471. The molecule has 9 aromatic rings. The van der Waals surface area contributed by atoms with Crippen LogP contribution in [-0.2, 0) is 59.3 Å². The molecule has 3 unspecified atom stereocenters. The van der Waals surface area contributed by atoms with Crippen LogP contribution < -0.4 is 14.2 Å². The summed E-state index contributed by atoms with van der Waals surface area (Å²) in [5, 5.41) is 9.06. The van der Waals surface area contributed by atoms with Crippen LogP contribution in [0.25, 0.3) is 65.2 Å². The first-order valence-electron chi connectivity index (χ1n) is 37.0. The average Bonchev–Trinajstić information content (AvgIpc) is 1.67. The van der Waals surface area contributed by atoms with Crippen molar-refractivity contribution in [3.05, 3.63) is 134 Å². The van der Waals surface area contributed by atoms with Gasteiger partial charge in [-0.1, -0.05) is 31.5 Å². The van der Waals surface area contributed by atoms with Crippen LogP contribution in [0.5, 0.6) is 17.2 Å². The molecule has 0 radical (unpaired) electrons. The van der Waals surface area contributed by atoms with Crippen LogP contribution >= 0.6 is 0 Å². The standard InChI is InChI=1S/2C31H38N2O6.C22H22O4.CH3.W/c2*1-31(2,3)39-30(36)33-13-11-21(12-14-33)32(4)15-16-37-23-7-9-24-20(17-23)5-10-28-29(24)26(19-38-28)25-8-6-22(34)18-27(25)35;1-2-3-10-25-16-6-8-17-14(11-16)4-9-21-22(17)19(13-26-21)18-7-5-15(23)12-20(18)24;;/h2*5,7,9-10,17,19,21,25H,6,8,11-16,18H2,1-4H3;4,6,8-9,11,13,18H,2-3,5,7,10,12H2,1H3;1H3;/q;;;-1;. The number of Topliss-reactive ketones (excluding diaryl/α,β-unsaturated/α-hetero) is 6. The van der Waals surface area contributed by atoms with Gasteiger partial charge >= 0.3 is 12.2 Å². The van der Waals surface area contributed by atoms with Gasteiger partial charge in [0.15, 0.2) is 0 Å². The first-order valence-corrected chi connectivity index (χ1v) is 37.0. The zero-order chi connectivity index (χ0) is 73.6. The number of hydrogen-bond acceptors (Lipinski definition) is 18. The van der Waals surface area contributed by atoms with Gasteiger partial charge in [-0.2, -0.15) is 0 Å². The Morgan fingerprint density at radius 1 is 0.453 bits per heavy atom. The maximum atomic E-state index is 12.6. The van der Waals surface area contributed by atoms with Gasteiger partial charge in [0.2, 0.25) is 0 Å². The number of carbonyl (C=O) groups is 8. The minimum absolute atomic E-state index is 0. The quantitative estimate of drug-likeness (QED) is 0.0468. The van der Waals surface area contributed by atoms with Crippen molar-refractivity contribution < 1.29 is 96.4 Å². The number of ketones is 6. The third kappa shape index (κ3) is 19.2. The minimum Gasteiger partial charge on any atom is -0.494 e. The Labute approximate surface area is 634 Å². The molecule has 3 aliphatic carbocycles. The molecule has 5 aliphatic rings. The van der Waals surface area contributed by atoms with E-state index in [2.05, 4.69) is 30.8 Å². The van der Waals surface area contributed by atoms with E-state index in [9.17, 15) is 38.4 Å². The maximum absolute atomic E-state index is 12.6. The second kappa shape index (κ2) is 34.9. The Morgan fingerprint density at radius 3 is 1.06 bits per heavy atom. The molecule has 0 spiro atoms. The summed E-state index contributed by atoms with van der Waals surface area (Å²) in [5.74, 6) is 1.64. The van der Waals surface area contributed by atoms with E-state index in [0.29, 0.717) is 96.6 Å². The fourth-order valence-electron chi connectivity index (χ4n) is 15.2. The second-order valence-electron chi connectivity index (χ2n) is 30.6. The molecular formula is C85H101N4O16W-. The van der Waals surface area contributed by atoms with E-state index in [0.717, 1.165) is 151 Å². The minimum atomic E-state index is -0.478. The summed E-state index contributed by atoms with van der Waals surface area (Å²) < 4.78 is 46.4. The van der Waals surface area contributed by atoms with Crippen LogP contribution in [0.2, 0.25) is 0 Å². The van der Waals surface area contributed by atoms with Gasteiger partial charge in [0.25, 0.3) is 0 Å². The van der Waals surface area contributed by atoms with Gasteiger partial charge in [0, 0.05) is 142 Å². The van der Waals surface area contributed by atoms with Crippen molar-refractivity contribution in [3.63, 3.8) is 0 Å². The van der Waals surface area contributed by atoms with Crippen molar-refractivity contribution in [1.29, 1.82) is 0 Å². The Balaban J connectivity index is 0.000000172. The largest absolute Gasteiger partial charge is 0.494 e. The summed E-state index contributed by atoms with van der Waals surface area (Å²) in [6.45, 7) is 19.6. The van der Waals surface area contributed by atoms with Gasteiger partial charge < -0.3 is 54.2 Å². The van der Waals surface area contributed by atoms with Crippen LogP contribution in [-0.4, -0.2) is 163 Å². The molecule has 106 heavy (non-hydrogen) atoms. The van der Waals surface area contributed by atoms with Gasteiger partial charge in [-0.05, 0) is 212 Å². The number of amides is 2. The molecule has 5 heterocycles. The molecule has 0 bridgehead atoms. The van der Waals surface area contributed by atoms with Crippen LogP contribution in [0, 0.1) is 7.43 Å². The SMILES string of the molecule is CCCCOc1ccc2c(ccc3occ(C4CCC(=O)CC4=O)c32)c1.CN(CCOc1ccc2c(ccc3occ(C4CCC(=O)CC4=O)c32)c1)C1CCN(C(=O)OC(C)(C)C)CC1.CN(CCOc1ccc2c(ccc3occ(C4CCC(=O)CC4=O)c32)c1)C1CCN(C(=O)OC(C)(C)C)CC1.[CH3-].[W]. The number of likely N-dealkylation sites (N-methyl/N-ethyl adjacent to an activating group) is 2. The van der Waals surface area contributed by atoms with Crippen molar-refractivity contribution in [1.82, 2.24) is 19.6 Å². The topological polar surface area (TPSA) is 235 Å². The predicted molar refractivity (Wildman–Crippen MR) is 406 cm³/mol. The number of furan rings is 3. The van der Waals surface area contributed by atoms with E-state index in [-0.39, 0.29) is 112 Å². The number of likely N-dealkylation sites (tertiary alicyclic amines) is 2. The number of piperidine rings is 2. The molecule has 20 nitrogen and oxygen atoms in total. The number of fused-ring (bicyclic) bond motifs is 9. The van der Waals surface area contributed by atoms with Gasteiger partial charge in [0.05, 0.1) is 44.7 Å².